The van der Waals surface area contributed by atoms with Gasteiger partial charge in [0.05, 0.1) is 24.2 Å². The summed E-state index contributed by atoms with van der Waals surface area (Å²) in [5, 5.41) is 38.7. The predicted molar refractivity (Wildman–Crippen MR) is 270 cm³/mol. The van der Waals surface area contributed by atoms with Gasteiger partial charge in [-0.1, -0.05) is 110 Å². The third-order valence-corrected chi connectivity index (χ3v) is 12.3. The van der Waals surface area contributed by atoms with Crippen LogP contribution in [0.2, 0.25) is 0 Å². The molecule has 0 radical (unpaired) electrons. The number of nitrogens with one attached hydrogen (secondary N) is 6. The maximum atomic E-state index is 13.1. The zero-order valence-electron chi connectivity index (χ0n) is 39.6. The first-order valence-corrected chi connectivity index (χ1v) is 23.5. The van der Waals surface area contributed by atoms with Crippen LogP contribution in [-0.4, -0.2) is 71.0 Å². The Morgan fingerprint density at radius 3 is 1.29 bits per heavy atom. The Bertz CT molecular complexity index is 2600. The molecule has 0 aliphatic carbocycles. The lowest BCUT2D eigenvalue weighted by molar-refractivity contribution is -0.147. The molecule has 14 nitrogen and oxygen atoms in total. The highest BCUT2D eigenvalue weighted by Gasteiger charge is 2.23. The maximum Gasteiger partial charge on any atom is 0.314 e. The van der Waals surface area contributed by atoms with Crippen LogP contribution < -0.4 is 31.9 Å². The molecular formula is C55H62N6O8. The zero-order chi connectivity index (χ0) is 49.5. The van der Waals surface area contributed by atoms with Crippen molar-refractivity contribution in [3.05, 3.63) is 155 Å². The van der Waals surface area contributed by atoms with Gasteiger partial charge in [-0.15, -0.1) is 0 Å². The number of hydrogen-bond donors (Lipinski definition) is 8. The minimum Gasteiger partial charge on any atom is -0.481 e. The molecule has 14 heteroatoms. The number of carboxylic acid groups (broad SMARTS) is 2. The lowest BCUT2D eigenvalue weighted by Crippen LogP contribution is -2.43. The Kier molecular flexibility index (Phi) is 18.1. The summed E-state index contributed by atoms with van der Waals surface area (Å²) in [6, 6.07) is 39.0. The van der Waals surface area contributed by atoms with Crippen LogP contribution in [0.25, 0.3) is 21.5 Å². The lowest BCUT2D eigenvalue weighted by atomic mass is 9.99. The standard InChI is InChI=1S/2C26H29N3O2.C3H4O4/c2*1-17-13-14-20(29-26(31)24-12-5-6-15-27-24)16-23(17)25(30)28-18(2)21-11-7-9-19-8-3-4-10-22(19)21;4-2(5)1-3(6)7/h2*3-4,7-11,13-14,16,18,24,27H,5-6,12,15H2,1-2H3,(H,28,30)(H,29,31);1H2,(H,4,5)(H,6,7)/t2*18-,24-;/m11./s1. The summed E-state index contributed by atoms with van der Waals surface area (Å²) in [4.78, 5) is 70.1. The van der Waals surface area contributed by atoms with Crippen molar-refractivity contribution in [1.29, 1.82) is 0 Å². The summed E-state index contributed by atoms with van der Waals surface area (Å²) in [5.41, 5.74) is 6.33. The van der Waals surface area contributed by atoms with Crippen molar-refractivity contribution < 1.29 is 39.0 Å². The van der Waals surface area contributed by atoms with E-state index in [9.17, 15) is 28.8 Å². The van der Waals surface area contributed by atoms with Gasteiger partial charge in [0.1, 0.15) is 6.42 Å². The highest BCUT2D eigenvalue weighted by atomic mass is 16.4. The van der Waals surface area contributed by atoms with Crippen molar-refractivity contribution in [3.8, 4) is 0 Å². The second-order valence-electron chi connectivity index (χ2n) is 17.5. The van der Waals surface area contributed by atoms with Crippen molar-refractivity contribution >= 4 is 68.5 Å². The minimum absolute atomic E-state index is 0.0426. The number of fused-ring (bicyclic) bond motifs is 2. The number of carbonyl (C=O) groups is 6. The van der Waals surface area contributed by atoms with Crippen LogP contribution in [0.4, 0.5) is 11.4 Å². The summed E-state index contributed by atoms with van der Waals surface area (Å²) >= 11 is 0. The largest absolute Gasteiger partial charge is 0.481 e. The third-order valence-electron chi connectivity index (χ3n) is 12.3. The molecule has 2 heterocycles. The van der Waals surface area contributed by atoms with Gasteiger partial charge in [0, 0.05) is 22.5 Å². The summed E-state index contributed by atoms with van der Waals surface area (Å²) in [7, 11) is 0. The number of aliphatic carboxylic acids is 2. The van der Waals surface area contributed by atoms with Crippen molar-refractivity contribution in [3.63, 3.8) is 0 Å². The van der Waals surface area contributed by atoms with Crippen molar-refractivity contribution in [1.82, 2.24) is 21.3 Å². The first-order valence-electron chi connectivity index (χ1n) is 23.5. The van der Waals surface area contributed by atoms with E-state index in [-0.39, 0.29) is 47.8 Å². The molecule has 6 aromatic carbocycles. The first kappa shape index (κ1) is 51.0. The normalized spacial score (nSPS) is 16.2. The number of carbonyl (C=O) groups excluding carboxylic acids is 4. The molecular weight excluding hydrogens is 873 g/mol. The monoisotopic (exact) mass is 934 g/mol. The molecule has 0 aromatic heterocycles. The van der Waals surface area contributed by atoms with E-state index in [1.165, 1.54) is 0 Å². The Hall–Kier alpha value is -7.42. The predicted octanol–water partition coefficient (Wildman–Crippen LogP) is 8.99. The van der Waals surface area contributed by atoms with E-state index < -0.39 is 18.4 Å². The average Bonchev–Trinajstić information content (AvgIpc) is 3.35. The van der Waals surface area contributed by atoms with Gasteiger partial charge in [0.25, 0.3) is 11.8 Å². The molecule has 2 fully saturated rings. The Labute approximate surface area is 402 Å². The quantitative estimate of drug-likeness (QED) is 0.0545. The number of aryl methyl sites for hydroxylation is 2. The van der Waals surface area contributed by atoms with Gasteiger partial charge in [-0.05, 0) is 135 Å². The van der Waals surface area contributed by atoms with Gasteiger partial charge in [0.15, 0.2) is 0 Å². The Morgan fingerprint density at radius 1 is 0.536 bits per heavy atom. The van der Waals surface area contributed by atoms with Crippen LogP contribution >= 0.6 is 0 Å². The molecule has 4 atom stereocenters. The van der Waals surface area contributed by atoms with E-state index in [0.29, 0.717) is 22.5 Å². The molecule has 4 amide bonds. The SMILES string of the molecule is Cc1ccc(NC(=O)[C@H]2CCCCN2)cc1C(=O)N[C@H](C)c1cccc2ccccc12.Cc1ccc(NC(=O)[C@H]2CCCCN2)cc1C(=O)N[C@H](C)c1cccc2ccccc12.O=C(O)CC(=O)O. The van der Waals surface area contributed by atoms with Gasteiger partial charge >= 0.3 is 11.9 Å². The molecule has 2 aliphatic rings. The summed E-state index contributed by atoms with van der Waals surface area (Å²) in [5.74, 6) is -3.01. The number of piperidine rings is 2. The van der Waals surface area contributed by atoms with Crippen LogP contribution in [-0.2, 0) is 19.2 Å². The lowest BCUT2D eigenvalue weighted by Gasteiger charge is -2.23. The van der Waals surface area contributed by atoms with Crippen LogP contribution in [0.15, 0.2) is 121 Å². The van der Waals surface area contributed by atoms with E-state index in [2.05, 4.69) is 68.3 Å². The van der Waals surface area contributed by atoms with Gasteiger partial charge in [-0.25, -0.2) is 0 Å². The maximum absolute atomic E-state index is 13.1. The molecule has 360 valence electrons. The second-order valence-corrected chi connectivity index (χ2v) is 17.5. The number of carboxylic acids is 2. The van der Waals surface area contributed by atoms with Crippen LogP contribution in [0.5, 0.6) is 0 Å². The van der Waals surface area contributed by atoms with Gasteiger partial charge in [0.2, 0.25) is 11.8 Å². The van der Waals surface area contributed by atoms with Gasteiger partial charge in [-0.3, -0.25) is 28.8 Å². The first-order chi connectivity index (χ1) is 33.2. The minimum atomic E-state index is -1.31. The van der Waals surface area contributed by atoms with Crippen molar-refractivity contribution in [2.24, 2.45) is 0 Å². The molecule has 2 aliphatic heterocycles. The van der Waals surface area contributed by atoms with E-state index in [0.717, 1.165) is 95.4 Å². The smallest absolute Gasteiger partial charge is 0.314 e. The average molecular weight is 935 g/mol. The highest BCUT2D eigenvalue weighted by Crippen LogP contribution is 2.27. The van der Waals surface area contributed by atoms with Crippen LogP contribution in [0.1, 0.15) is 114 Å². The molecule has 6 aromatic rings. The van der Waals surface area contributed by atoms with E-state index in [1.54, 1.807) is 12.1 Å². The molecule has 8 rings (SSSR count). The number of rotatable bonds is 12. The molecule has 0 spiro atoms. The Morgan fingerprint density at radius 2 is 0.928 bits per heavy atom. The third kappa shape index (κ3) is 14.3. The van der Waals surface area contributed by atoms with Crippen LogP contribution in [0, 0.1) is 13.8 Å². The molecule has 69 heavy (non-hydrogen) atoms. The van der Waals surface area contributed by atoms with E-state index >= 15 is 0 Å². The summed E-state index contributed by atoms with van der Waals surface area (Å²) in [6.07, 6.45) is 5.19. The molecule has 0 bridgehead atoms. The number of benzene rings is 6. The Balaban J connectivity index is 0.000000199. The number of anilines is 2. The fourth-order valence-corrected chi connectivity index (χ4v) is 8.59. The molecule has 0 saturated carbocycles. The van der Waals surface area contributed by atoms with Crippen molar-refractivity contribution in [2.45, 2.75) is 96.8 Å². The topological polar surface area (TPSA) is 215 Å². The molecule has 0 unspecified atom stereocenters. The zero-order valence-corrected chi connectivity index (χ0v) is 39.6. The second kappa shape index (κ2) is 24.6. The van der Waals surface area contributed by atoms with E-state index in [4.69, 9.17) is 10.2 Å². The number of amides is 4. The van der Waals surface area contributed by atoms with Crippen molar-refractivity contribution in [2.75, 3.05) is 23.7 Å². The van der Waals surface area contributed by atoms with Crippen LogP contribution in [0.3, 0.4) is 0 Å². The highest BCUT2D eigenvalue weighted by molar-refractivity contribution is 6.01. The number of hydrogen-bond acceptors (Lipinski definition) is 8. The van der Waals surface area contributed by atoms with Gasteiger partial charge in [-0.2, -0.15) is 0 Å². The fraction of sp³-hybridized carbons (Fsp3) is 0.309. The molecule has 8 N–H and O–H groups in total. The summed E-state index contributed by atoms with van der Waals surface area (Å²) < 4.78 is 0. The fourth-order valence-electron chi connectivity index (χ4n) is 8.59. The van der Waals surface area contributed by atoms with Gasteiger partial charge < -0.3 is 42.1 Å². The summed E-state index contributed by atoms with van der Waals surface area (Å²) in [6.45, 7) is 9.54. The van der Waals surface area contributed by atoms with E-state index in [1.807, 2.05) is 100 Å². The molecule has 2 saturated heterocycles.